The highest BCUT2D eigenvalue weighted by molar-refractivity contribution is 7.92. The number of hydrogen-bond donors (Lipinski definition) is 2. The number of nitrogens with one attached hydrogen (secondary N) is 1. The molecule has 3 heterocycles. The minimum absolute atomic E-state index is 0.0492. The fourth-order valence-corrected chi connectivity index (χ4v) is 7.22. The van der Waals surface area contributed by atoms with E-state index in [1.54, 1.807) is 24.4 Å². The Morgan fingerprint density at radius 1 is 1.32 bits per heavy atom. The standard InChI is InChI=1S/C18H21N3O5S2/c1-26-17(23)21-13-8-12(10-20-11-13)14-4-5-15(27-14)18(9-16(19)22)6-2-3-7-28(18,24)25/h4-5,8,10-11H,2-3,6-7,9H2,1H3,(H2,19,22)(H,21,23). The van der Waals surface area contributed by atoms with Gasteiger partial charge in [0.2, 0.25) is 5.91 Å². The smallest absolute Gasteiger partial charge is 0.411 e. The van der Waals surface area contributed by atoms with Crippen LogP contribution in [0.25, 0.3) is 10.4 Å². The van der Waals surface area contributed by atoms with Gasteiger partial charge in [-0.1, -0.05) is 6.42 Å². The quantitative estimate of drug-likeness (QED) is 0.761. The number of pyridine rings is 1. The van der Waals surface area contributed by atoms with Crippen LogP contribution in [0.1, 0.15) is 30.6 Å². The molecular formula is C18H21N3O5S2. The highest BCUT2D eigenvalue weighted by Gasteiger charge is 2.48. The summed E-state index contributed by atoms with van der Waals surface area (Å²) < 4.78 is 29.1. The van der Waals surface area contributed by atoms with E-state index in [1.165, 1.54) is 24.6 Å². The first-order valence-corrected chi connectivity index (χ1v) is 11.2. The number of aromatic nitrogens is 1. The fourth-order valence-electron chi connectivity index (χ4n) is 3.45. The van der Waals surface area contributed by atoms with E-state index in [-0.39, 0.29) is 12.2 Å². The number of anilines is 1. The summed E-state index contributed by atoms with van der Waals surface area (Å²) in [4.78, 5) is 28.6. The molecule has 8 nitrogen and oxygen atoms in total. The van der Waals surface area contributed by atoms with Crippen molar-refractivity contribution in [1.82, 2.24) is 4.98 Å². The van der Waals surface area contributed by atoms with Gasteiger partial charge in [-0.25, -0.2) is 13.2 Å². The lowest BCUT2D eigenvalue weighted by Gasteiger charge is -2.35. The summed E-state index contributed by atoms with van der Waals surface area (Å²) in [6, 6.07) is 5.26. The van der Waals surface area contributed by atoms with Gasteiger partial charge < -0.3 is 10.5 Å². The van der Waals surface area contributed by atoms with Crippen LogP contribution in [0.15, 0.2) is 30.6 Å². The van der Waals surface area contributed by atoms with E-state index < -0.39 is 26.6 Å². The SMILES string of the molecule is COC(=O)Nc1cncc(-c2ccc(C3(CC(N)=O)CCCCS3(=O)=O)s2)c1. The zero-order chi connectivity index (χ0) is 20.4. The number of carbonyl (C=O) groups excluding carboxylic acids is 2. The molecule has 1 saturated heterocycles. The first-order valence-electron chi connectivity index (χ1n) is 8.69. The summed E-state index contributed by atoms with van der Waals surface area (Å²) in [5.74, 6) is -0.584. The lowest BCUT2D eigenvalue weighted by atomic mass is 9.94. The highest BCUT2D eigenvalue weighted by Crippen LogP contribution is 2.47. The van der Waals surface area contributed by atoms with E-state index in [0.717, 1.165) is 11.3 Å². The van der Waals surface area contributed by atoms with Gasteiger partial charge in [0.15, 0.2) is 9.84 Å². The number of sulfone groups is 1. The van der Waals surface area contributed by atoms with Gasteiger partial charge in [0.1, 0.15) is 4.75 Å². The molecule has 0 saturated carbocycles. The Bertz CT molecular complexity index is 1000. The number of rotatable bonds is 5. The third-order valence-electron chi connectivity index (χ3n) is 4.81. The number of primary amides is 1. The largest absolute Gasteiger partial charge is 0.453 e. The molecule has 3 rings (SSSR count). The van der Waals surface area contributed by atoms with Crippen molar-refractivity contribution in [3.63, 3.8) is 0 Å². The summed E-state index contributed by atoms with van der Waals surface area (Å²) in [7, 11) is -2.24. The summed E-state index contributed by atoms with van der Waals surface area (Å²) in [6.45, 7) is 0. The minimum Gasteiger partial charge on any atom is -0.453 e. The Kier molecular flexibility index (Phi) is 5.71. The number of thiophene rings is 1. The van der Waals surface area contributed by atoms with E-state index in [2.05, 4.69) is 15.0 Å². The van der Waals surface area contributed by atoms with Crippen LogP contribution in [0, 0.1) is 0 Å². The van der Waals surface area contributed by atoms with Crippen molar-refractivity contribution < 1.29 is 22.7 Å². The summed E-state index contributed by atoms with van der Waals surface area (Å²) in [6.07, 6.45) is 3.95. The van der Waals surface area contributed by atoms with Crippen molar-refractivity contribution in [1.29, 1.82) is 0 Å². The molecule has 0 radical (unpaired) electrons. The first kappa shape index (κ1) is 20.3. The number of nitrogens with zero attached hydrogens (tertiary/aromatic N) is 1. The van der Waals surface area contributed by atoms with Crippen LogP contribution in [-0.4, -0.2) is 38.3 Å². The Hall–Kier alpha value is -2.46. The van der Waals surface area contributed by atoms with E-state index in [4.69, 9.17) is 5.73 Å². The van der Waals surface area contributed by atoms with Crippen molar-refractivity contribution >= 4 is 38.9 Å². The van der Waals surface area contributed by atoms with E-state index in [1.807, 2.05) is 0 Å². The molecule has 1 unspecified atom stereocenters. The van der Waals surface area contributed by atoms with Gasteiger partial charge in [-0.05, 0) is 31.0 Å². The van der Waals surface area contributed by atoms with Gasteiger partial charge in [-0.15, -0.1) is 11.3 Å². The zero-order valence-electron chi connectivity index (χ0n) is 15.3. The number of methoxy groups -OCH3 is 1. The molecule has 3 N–H and O–H groups in total. The maximum atomic E-state index is 12.9. The van der Waals surface area contributed by atoms with Crippen molar-refractivity contribution in [3.8, 4) is 10.4 Å². The normalized spacial score (nSPS) is 21.0. The molecule has 28 heavy (non-hydrogen) atoms. The zero-order valence-corrected chi connectivity index (χ0v) is 16.9. The van der Waals surface area contributed by atoms with Crippen LogP contribution < -0.4 is 11.1 Å². The van der Waals surface area contributed by atoms with Crippen molar-refractivity contribution in [2.45, 2.75) is 30.4 Å². The third kappa shape index (κ3) is 3.88. The summed E-state index contributed by atoms with van der Waals surface area (Å²) in [5.41, 5.74) is 6.57. The summed E-state index contributed by atoms with van der Waals surface area (Å²) in [5, 5.41) is 2.54. The second-order valence-electron chi connectivity index (χ2n) is 6.66. The Morgan fingerprint density at radius 3 is 2.79 bits per heavy atom. The lowest BCUT2D eigenvalue weighted by molar-refractivity contribution is -0.118. The van der Waals surface area contributed by atoms with E-state index in [0.29, 0.717) is 29.0 Å². The molecule has 2 aromatic rings. The molecule has 10 heteroatoms. The van der Waals surface area contributed by atoms with Gasteiger partial charge in [0, 0.05) is 21.5 Å². The fraction of sp³-hybridized carbons (Fsp3) is 0.389. The molecule has 1 atom stereocenters. The monoisotopic (exact) mass is 423 g/mol. The number of amides is 2. The summed E-state index contributed by atoms with van der Waals surface area (Å²) >= 11 is 1.30. The van der Waals surface area contributed by atoms with E-state index >= 15 is 0 Å². The molecule has 1 aliphatic heterocycles. The van der Waals surface area contributed by atoms with E-state index in [9.17, 15) is 18.0 Å². The van der Waals surface area contributed by atoms with Crippen molar-refractivity contribution in [2.75, 3.05) is 18.2 Å². The number of hydrogen-bond acceptors (Lipinski definition) is 7. The molecule has 150 valence electrons. The number of ether oxygens (including phenoxy) is 1. The Balaban J connectivity index is 1.99. The second kappa shape index (κ2) is 7.88. The van der Waals surface area contributed by atoms with Gasteiger partial charge in [0.25, 0.3) is 0 Å². The molecule has 0 aromatic carbocycles. The van der Waals surface area contributed by atoms with Gasteiger partial charge in [-0.3, -0.25) is 15.1 Å². The number of carbonyl (C=O) groups is 2. The average molecular weight is 424 g/mol. The molecule has 1 fully saturated rings. The molecular weight excluding hydrogens is 402 g/mol. The molecule has 2 amide bonds. The van der Waals surface area contributed by atoms with Crippen LogP contribution in [0.4, 0.5) is 10.5 Å². The molecule has 2 aromatic heterocycles. The minimum atomic E-state index is -3.51. The molecule has 0 spiro atoms. The third-order valence-corrected chi connectivity index (χ3v) is 8.86. The van der Waals surface area contributed by atoms with Gasteiger partial charge >= 0.3 is 6.09 Å². The van der Waals surface area contributed by atoms with Crippen LogP contribution in [-0.2, 0) is 24.1 Å². The maximum absolute atomic E-state index is 12.9. The maximum Gasteiger partial charge on any atom is 0.411 e. The molecule has 1 aliphatic rings. The van der Waals surface area contributed by atoms with Gasteiger partial charge in [0.05, 0.1) is 31.2 Å². The Labute approximate surface area is 167 Å². The second-order valence-corrected chi connectivity index (χ2v) is 10.2. The van der Waals surface area contributed by atoms with Crippen LogP contribution >= 0.6 is 11.3 Å². The van der Waals surface area contributed by atoms with Crippen molar-refractivity contribution in [3.05, 3.63) is 35.5 Å². The topological polar surface area (TPSA) is 128 Å². The Morgan fingerprint density at radius 2 is 2.11 bits per heavy atom. The highest BCUT2D eigenvalue weighted by atomic mass is 32.2. The van der Waals surface area contributed by atoms with Crippen LogP contribution in [0.3, 0.4) is 0 Å². The van der Waals surface area contributed by atoms with Crippen molar-refractivity contribution in [2.24, 2.45) is 5.73 Å². The molecule has 0 aliphatic carbocycles. The predicted molar refractivity (Wildman–Crippen MR) is 107 cm³/mol. The molecule has 0 bridgehead atoms. The average Bonchev–Trinajstić information content (AvgIpc) is 3.14. The first-order chi connectivity index (χ1) is 13.3. The van der Waals surface area contributed by atoms with Crippen LogP contribution in [0.2, 0.25) is 0 Å². The predicted octanol–water partition coefficient (Wildman–Crippen LogP) is 2.66. The van der Waals surface area contributed by atoms with Crippen LogP contribution in [0.5, 0.6) is 0 Å². The lowest BCUT2D eigenvalue weighted by Crippen LogP contribution is -2.43. The van der Waals surface area contributed by atoms with Gasteiger partial charge in [-0.2, -0.15) is 0 Å². The number of nitrogens with two attached hydrogens (primary N) is 1.